The molecule has 4 rings (SSSR count). The molecule has 0 saturated heterocycles. The Bertz CT molecular complexity index is 1650. The summed E-state index contributed by atoms with van der Waals surface area (Å²) < 4.78 is 0. The van der Waals surface area contributed by atoms with E-state index in [1.807, 2.05) is 57.2 Å². The van der Waals surface area contributed by atoms with E-state index >= 15 is 0 Å². The van der Waals surface area contributed by atoms with Crippen molar-refractivity contribution in [3.05, 3.63) is 178 Å². The van der Waals surface area contributed by atoms with Crippen LogP contribution in [-0.2, 0) is 0 Å². The number of benzene rings is 2. The zero-order valence-corrected chi connectivity index (χ0v) is 28.7. The Morgan fingerprint density at radius 1 is 0.818 bits per heavy atom. The third-order valence-corrected chi connectivity index (χ3v) is 9.30. The highest BCUT2D eigenvalue weighted by Gasteiger charge is 2.10. The lowest BCUT2D eigenvalue weighted by Gasteiger charge is -2.08. The smallest absolute Gasteiger partial charge is 0.0420 e. The van der Waals surface area contributed by atoms with Gasteiger partial charge in [0, 0.05) is 14.7 Å². The van der Waals surface area contributed by atoms with Crippen molar-refractivity contribution in [2.24, 2.45) is 0 Å². The van der Waals surface area contributed by atoms with E-state index in [-0.39, 0.29) is 0 Å². The molecule has 2 heterocycles. The molecule has 0 aliphatic rings. The Hall–Kier alpha value is -3.89. The van der Waals surface area contributed by atoms with Gasteiger partial charge in [0.25, 0.3) is 0 Å². The topological polar surface area (TPSA) is 0 Å². The summed E-state index contributed by atoms with van der Waals surface area (Å²) in [4.78, 5) is 3.52. The van der Waals surface area contributed by atoms with Crippen molar-refractivity contribution in [1.29, 1.82) is 0 Å². The molecule has 0 radical (unpaired) electrons. The summed E-state index contributed by atoms with van der Waals surface area (Å²) in [6.45, 7) is 16.7. The molecule has 0 fully saturated rings. The maximum atomic E-state index is 4.30. The Morgan fingerprint density at radius 2 is 1.52 bits per heavy atom. The fraction of sp³-hybridized carbons (Fsp3) is 0.122. The third-order valence-electron chi connectivity index (χ3n) is 6.49. The first-order chi connectivity index (χ1) is 21.6. The SMILES string of the molecule is C=C(S/C=C\CC(=C/C(=C\C)c1ccsc1-c1ccccc1)/C=C/c1ccsc1C(=C)/C=C\C=C/C)c1ccccc1.CC. The van der Waals surface area contributed by atoms with Crippen LogP contribution >= 0.6 is 34.4 Å². The van der Waals surface area contributed by atoms with Gasteiger partial charge in [0.15, 0.2) is 0 Å². The van der Waals surface area contributed by atoms with Crippen molar-refractivity contribution in [2.45, 2.75) is 34.1 Å². The van der Waals surface area contributed by atoms with Crippen molar-refractivity contribution in [3.8, 4) is 10.4 Å². The van der Waals surface area contributed by atoms with E-state index in [9.17, 15) is 0 Å². The first-order valence-corrected chi connectivity index (χ1v) is 17.5. The fourth-order valence-corrected chi connectivity index (χ4v) is 6.71. The van der Waals surface area contributed by atoms with Crippen molar-refractivity contribution < 1.29 is 0 Å². The van der Waals surface area contributed by atoms with Crippen LogP contribution in [0.1, 0.15) is 55.7 Å². The van der Waals surface area contributed by atoms with Crippen LogP contribution in [0.15, 0.2) is 156 Å². The van der Waals surface area contributed by atoms with Gasteiger partial charge < -0.3 is 0 Å². The van der Waals surface area contributed by atoms with Crippen molar-refractivity contribution in [3.63, 3.8) is 0 Å². The number of thiophene rings is 2. The maximum Gasteiger partial charge on any atom is 0.0420 e. The van der Waals surface area contributed by atoms with Gasteiger partial charge in [-0.25, -0.2) is 0 Å². The molecular formula is C41H42S3. The van der Waals surface area contributed by atoms with Crippen molar-refractivity contribution in [2.75, 3.05) is 0 Å². The minimum Gasteiger partial charge on any atom is -0.143 e. The highest BCUT2D eigenvalue weighted by atomic mass is 32.2. The van der Waals surface area contributed by atoms with Crippen molar-refractivity contribution >= 4 is 56.6 Å². The van der Waals surface area contributed by atoms with Crippen LogP contribution < -0.4 is 0 Å². The van der Waals surface area contributed by atoms with Gasteiger partial charge in [0.1, 0.15) is 0 Å². The fourth-order valence-electron chi connectivity index (χ4n) is 4.31. The number of allylic oxidation sites excluding steroid dienone is 11. The predicted octanol–water partition coefficient (Wildman–Crippen LogP) is 14.0. The lowest BCUT2D eigenvalue weighted by Crippen LogP contribution is -1.86. The van der Waals surface area contributed by atoms with Crippen LogP contribution in [-0.4, -0.2) is 0 Å². The Balaban J connectivity index is 0.00000259. The van der Waals surface area contributed by atoms with Crippen LogP contribution in [0.2, 0.25) is 0 Å². The van der Waals surface area contributed by atoms with E-state index in [2.05, 4.69) is 127 Å². The summed E-state index contributed by atoms with van der Waals surface area (Å²) in [5, 5.41) is 6.46. The predicted molar refractivity (Wildman–Crippen MR) is 206 cm³/mol. The molecule has 0 saturated carbocycles. The molecule has 2 aromatic carbocycles. The number of hydrogen-bond donors (Lipinski definition) is 0. The zero-order valence-electron chi connectivity index (χ0n) is 26.2. The average Bonchev–Trinajstić information content (AvgIpc) is 3.76. The molecule has 0 aliphatic carbocycles. The second kappa shape index (κ2) is 19.4. The molecule has 0 atom stereocenters. The first-order valence-electron chi connectivity index (χ1n) is 14.9. The van der Waals surface area contributed by atoms with Crippen LogP contribution in [0.5, 0.6) is 0 Å². The maximum absolute atomic E-state index is 4.30. The second-order valence-corrected chi connectivity index (χ2v) is 12.3. The molecule has 0 aliphatic heterocycles. The number of hydrogen-bond acceptors (Lipinski definition) is 3. The Kier molecular flexibility index (Phi) is 15.3. The molecular weight excluding hydrogens is 589 g/mol. The molecule has 0 N–H and O–H groups in total. The second-order valence-electron chi connectivity index (χ2n) is 9.42. The molecule has 0 spiro atoms. The van der Waals surface area contributed by atoms with E-state index in [0.717, 1.165) is 22.5 Å². The van der Waals surface area contributed by atoms with Gasteiger partial charge in [-0.05, 0) is 87.5 Å². The number of thioether (sulfide) groups is 1. The van der Waals surface area contributed by atoms with Crippen LogP contribution in [0.25, 0.3) is 32.6 Å². The molecule has 0 amide bonds. The third kappa shape index (κ3) is 10.4. The van der Waals surface area contributed by atoms with Gasteiger partial charge in [-0.1, -0.05) is 154 Å². The normalized spacial score (nSPS) is 12.4. The zero-order chi connectivity index (χ0) is 31.6. The Labute approximate surface area is 277 Å². The highest BCUT2D eigenvalue weighted by Crippen LogP contribution is 2.36. The summed E-state index contributed by atoms with van der Waals surface area (Å²) in [5.74, 6) is 0. The molecule has 4 aromatic rings. The lowest BCUT2D eigenvalue weighted by molar-refractivity contribution is 1.30. The summed E-state index contributed by atoms with van der Waals surface area (Å²) >= 11 is 5.17. The quantitative estimate of drug-likeness (QED) is 0.132. The molecule has 44 heavy (non-hydrogen) atoms. The number of rotatable bonds is 13. The first kappa shape index (κ1) is 34.6. The minimum absolute atomic E-state index is 0.801. The molecule has 2 aromatic heterocycles. The molecule has 3 heteroatoms. The van der Waals surface area contributed by atoms with Crippen LogP contribution in [0.4, 0.5) is 0 Å². The minimum atomic E-state index is 0.801. The summed E-state index contributed by atoms with van der Waals surface area (Å²) in [6.07, 6.45) is 20.2. The van der Waals surface area contributed by atoms with Crippen LogP contribution in [0, 0.1) is 0 Å². The largest absolute Gasteiger partial charge is 0.143 e. The van der Waals surface area contributed by atoms with Gasteiger partial charge >= 0.3 is 0 Å². The van der Waals surface area contributed by atoms with Gasteiger partial charge in [-0.3, -0.25) is 0 Å². The van der Waals surface area contributed by atoms with Gasteiger partial charge in [-0.2, -0.15) is 0 Å². The average molecular weight is 631 g/mol. The Morgan fingerprint density at radius 3 is 2.23 bits per heavy atom. The lowest BCUT2D eigenvalue weighted by atomic mass is 9.98. The van der Waals surface area contributed by atoms with E-state index in [4.69, 9.17) is 0 Å². The van der Waals surface area contributed by atoms with E-state index in [1.165, 1.54) is 37.6 Å². The molecule has 0 nitrogen and oxygen atoms in total. The molecule has 0 unspecified atom stereocenters. The van der Waals surface area contributed by atoms with Gasteiger partial charge in [0.2, 0.25) is 0 Å². The van der Waals surface area contributed by atoms with Crippen molar-refractivity contribution in [1.82, 2.24) is 0 Å². The van der Waals surface area contributed by atoms with E-state index in [1.54, 1.807) is 34.4 Å². The molecule has 0 bridgehead atoms. The van der Waals surface area contributed by atoms with E-state index < -0.39 is 0 Å². The van der Waals surface area contributed by atoms with Gasteiger partial charge in [0.05, 0.1) is 0 Å². The molecule has 224 valence electrons. The van der Waals surface area contributed by atoms with Gasteiger partial charge in [-0.15, -0.1) is 22.7 Å². The standard InChI is InChI=1S/C39H36S3.C2H6/c1-5-7-10-16-30(3)38-36(24-27-41-38)23-22-32(17-15-26-40-31(4)34-18-11-8-12-19-34)29-33(6-2)37-25-28-42-39(37)35-20-13-9-14-21-35;1-2/h5-16,18-29H,3-4,17H2,1-2H3;1-2H3/b7-5-,16-10-,23-22+,26-15-,32-29-,33-6+;. The summed E-state index contributed by atoms with van der Waals surface area (Å²) in [7, 11) is 0. The van der Waals surface area contributed by atoms with Crippen LogP contribution in [0.3, 0.4) is 0 Å². The summed E-state index contributed by atoms with van der Waals surface area (Å²) in [6, 6.07) is 25.4. The highest BCUT2D eigenvalue weighted by molar-refractivity contribution is 8.10. The van der Waals surface area contributed by atoms with E-state index in [0.29, 0.717) is 0 Å². The monoisotopic (exact) mass is 630 g/mol. The summed E-state index contributed by atoms with van der Waals surface area (Å²) in [5.41, 5.74) is 8.29.